The predicted octanol–water partition coefficient (Wildman–Crippen LogP) is 5.95. The quantitative estimate of drug-likeness (QED) is 0.289. The van der Waals surface area contributed by atoms with Gasteiger partial charge in [-0.2, -0.15) is 13.2 Å². The molecule has 0 radical (unpaired) electrons. The summed E-state index contributed by atoms with van der Waals surface area (Å²) in [4.78, 5) is 50.3. The van der Waals surface area contributed by atoms with Crippen LogP contribution in [0.15, 0.2) is 42.5 Å². The molecule has 9 nitrogen and oxygen atoms in total. The van der Waals surface area contributed by atoms with Gasteiger partial charge in [-0.05, 0) is 73.1 Å². The second-order valence-corrected chi connectivity index (χ2v) is 14.3. The number of alkyl halides is 3. The molecule has 3 atom stereocenters. The number of aromatic amines is 1. The molecule has 268 valence electrons. The van der Waals surface area contributed by atoms with Crippen molar-refractivity contribution in [2.75, 3.05) is 40.0 Å². The van der Waals surface area contributed by atoms with Gasteiger partial charge in [0, 0.05) is 55.1 Å². The van der Waals surface area contributed by atoms with E-state index in [2.05, 4.69) is 10.3 Å². The van der Waals surface area contributed by atoms with E-state index in [1.807, 2.05) is 28.0 Å². The van der Waals surface area contributed by atoms with Crippen molar-refractivity contribution in [2.24, 2.45) is 17.8 Å². The maximum atomic E-state index is 14.8. The van der Waals surface area contributed by atoms with Crippen LogP contribution in [-0.4, -0.2) is 72.5 Å². The second-order valence-electron chi connectivity index (χ2n) is 14.3. The van der Waals surface area contributed by atoms with Crippen LogP contribution in [0.25, 0.3) is 10.9 Å². The Hall–Kier alpha value is -4.06. The zero-order valence-electron chi connectivity index (χ0n) is 28.4. The van der Waals surface area contributed by atoms with Crippen molar-refractivity contribution in [1.29, 1.82) is 0 Å². The van der Waals surface area contributed by atoms with Crippen LogP contribution in [0.1, 0.15) is 73.8 Å². The van der Waals surface area contributed by atoms with Crippen LogP contribution in [0.3, 0.4) is 0 Å². The molecular weight excluding hydrogens is 649 g/mol. The molecule has 3 fully saturated rings. The third-order valence-electron chi connectivity index (χ3n) is 11.5. The summed E-state index contributed by atoms with van der Waals surface area (Å²) in [5, 5.41) is 3.76. The van der Waals surface area contributed by atoms with Gasteiger partial charge in [-0.1, -0.05) is 37.8 Å². The van der Waals surface area contributed by atoms with Crippen molar-refractivity contribution in [2.45, 2.75) is 76.0 Å². The van der Waals surface area contributed by atoms with Crippen LogP contribution < -0.4 is 10.1 Å². The summed E-state index contributed by atoms with van der Waals surface area (Å²) in [7, 11) is 1.64. The molecule has 1 saturated carbocycles. The van der Waals surface area contributed by atoms with Gasteiger partial charge in [0.2, 0.25) is 17.7 Å². The highest BCUT2D eigenvalue weighted by atomic mass is 19.4. The number of nitrogens with one attached hydrogen (secondary N) is 2. The molecule has 1 aliphatic carbocycles. The first kappa shape index (κ1) is 34.4. The number of morpholine rings is 1. The maximum Gasteiger partial charge on any atom is 0.416 e. The summed E-state index contributed by atoms with van der Waals surface area (Å²) in [5.41, 5.74) is 1.56. The van der Waals surface area contributed by atoms with Gasteiger partial charge in [-0.3, -0.25) is 14.4 Å². The number of rotatable bonds is 9. The van der Waals surface area contributed by atoms with Crippen molar-refractivity contribution < 1.29 is 37.0 Å². The first-order valence-electron chi connectivity index (χ1n) is 17.9. The van der Waals surface area contributed by atoms with Crippen molar-refractivity contribution in [3.05, 3.63) is 64.8 Å². The molecule has 4 aliphatic rings. The Kier molecular flexibility index (Phi) is 9.58. The number of hydrogen-bond acceptors (Lipinski definition) is 5. The number of fused-ring (bicyclic) bond motifs is 5. The minimum absolute atomic E-state index is 0.0318. The monoisotopic (exact) mass is 694 g/mol. The summed E-state index contributed by atoms with van der Waals surface area (Å²) in [6.07, 6.45) is 2.30. The third kappa shape index (κ3) is 6.47. The van der Waals surface area contributed by atoms with E-state index >= 15 is 0 Å². The predicted molar refractivity (Wildman–Crippen MR) is 180 cm³/mol. The Labute approximate surface area is 289 Å². The average molecular weight is 695 g/mol. The lowest BCUT2D eigenvalue weighted by molar-refractivity contribution is -0.169. The standard InChI is InChI=1S/C38H45F3N4O5/c1-49-28-9-10-32-30(22-28)29-12-14-45-35(47)26(21-33(46)42-23-25-7-4-8-27(19-25)38(39,40)41)20-31(36(48)44-15-17-50-18-16-44)37(45,34(29)43-32)13-11-24-5-2-3-6-24/h4,7-10,19,22,24,26,31,43H,2-3,5-6,11-18,20-21,23H2,1H3,(H,42,46)/t26?,31-,37+/m1/s1. The average Bonchev–Trinajstić information content (AvgIpc) is 3.79. The SMILES string of the molecule is COc1ccc2[nH]c3c(c2c1)CCN1C(=O)C(CC(=O)NCc2cccc(C(F)(F)F)c2)C[C@H](C(=O)N2CCOCC2)[C@@]31CCC1CCCC1. The topological polar surface area (TPSA) is 104 Å². The summed E-state index contributed by atoms with van der Waals surface area (Å²) < 4.78 is 51.0. The van der Waals surface area contributed by atoms with E-state index in [0.29, 0.717) is 57.2 Å². The number of aromatic nitrogens is 1. The van der Waals surface area contributed by atoms with Crippen LogP contribution in [-0.2, 0) is 43.8 Å². The second kappa shape index (κ2) is 13.9. The van der Waals surface area contributed by atoms with Crippen LogP contribution in [0.5, 0.6) is 5.75 Å². The van der Waals surface area contributed by atoms with E-state index in [9.17, 15) is 27.6 Å². The maximum absolute atomic E-state index is 14.8. The lowest BCUT2D eigenvalue weighted by Crippen LogP contribution is -2.66. The smallest absolute Gasteiger partial charge is 0.416 e. The number of amides is 3. The minimum atomic E-state index is -4.49. The lowest BCUT2D eigenvalue weighted by Gasteiger charge is -2.56. The molecule has 2 saturated heterocycles. The Morgan fingerprint density at radius 2 is 1.86 bits per heavy atom. The molecule has 4 heterocycles. The zero-order valence-corrected chi connectivity index (χ0v) is 28.4. The van der Waals surface area contributed by atoms with Crippen LogP contribution in [0.4, 0.5) is 13.2 Å². The number of carbonyl (C=O) groups is 3. The highest BCUT2D eigenvalue weighted by Crippen LogP contribution is 2.54. The zero-order chi connectivity index (χ0) is 35.0. The summed E-state index contributed by atoms with van der Waals surface area (Å²) in [6, 6.07) is 10.8. The highest BCUT2D eigenvalue weighted by Gasteiger charge is 2.59. The van der Waals surface area contributed by atoms with E-state index in [1.165, 1.54) is 25.0 Å². The number of carbonyl (C=O) groups excluding carboxylic acids is 3. The van der Waals surface area contributed by atoms with Gasteiger partial charge >= 0.3 is 6.18 Å². The van der Waals surface area contributed by atoms with Gasteiger partial charge in [-0.25, -0.2) is 0 Å². The lowest BCUT2D eigenvalue weighted by atomic mass is 9.64. The van der Waals surface area contributed by atoms with Crippen LogP contribution in [0.2, 0.25) is 0 Å². The van der Waals surface area contributed by atoms with Gasteiger partial charge < -0.3 is 29.6 Å². The van der Waals surface area contributed by atoms with Gasteiger partial charge in [0.05, 0.1) is 37.3 Å². The molecule has 12 heteroatoms. The molecule has 0 bridgehead atoms. The minimum Gasteiger partial charge on any atom is -0.497 e. The molecule has 3 aliphatic heterocycles. The van der Waals surface area contributed by atoms with Gasteiger partial charge in [0.25, 0.3) is 0 Å². The van der Waals surface area contributed by atoms with Gasteiger partial charge in [0.1, 0.15) is 5.75 Å². The molecule has 2 N–H and O–H groups in total. The highest BCUT2D eigenvalue weighted by molar-refractivity contribution is 5.93. The number of benzene rings is 2. The number of nitrogens with zero attached hydrogens (tertiary/aromatic N) is 2. The Morgan fingerprint density at radius 3 is 2.60 bits per heavy atom. The summed E-state index contributed by atoms with van der Waals surface area (Å²) in [6.45, 7) is 2.11. The van der Waals surface area contributed by atoms with Gasteiger partial charge in [-0.15, -0.1) is 0 Å². The van der Waals surface area contributed by atoms with E-state index in [4.69, 9.17) is 9.47 Å². The fourth-order valence-corrected chi connectivity index (χ4v) is 9.00. The number of halogens is 3. The normalized spacial score (nSPS) is 24.3. The van der Waals surface area contributed by atoms with Gasteiger partial charge in [0.15, 0.2) is 0 Å². The Bertz CT molecular complexity index is 1750. The van der Waals surface area contributed by atoms with Crippen molar-refractivity contribution in [3.8, 4) is 5.75 Å². The van der Waals surface area contributed by atoms with Crippen molar-refractivity contribution in [1.82, 2.24) is 20.1 Å². The number of methoxy groups -OCH3 is 1. The molecule has 1 unspecified atom stereocenters. The summed E-state index contributed by atoms with van der Waals surface area (Å²) >= 11 is 0. The fraction of sp³-hybridized carbons (Fsp3) is 0.553. The van der Waals surface area contributed by atoms with Crippen molar-refractivity contribution in [3.63, 3.8) is 0 Å². The van der Waals surface area contributed by atoms with E-state index < -0.39 is 35.0 Å². The molecule has 3 aromatic rings. The molecular formula is C38H45F3N4O5. The van der Waals surface area contributed by atoms with E-state index in [0.717, 1.165) is 59.3 Å². The van der Waals surface area contributed by atoms with Crippen molar-refractivity contribution >= 4 is 28.6 Å². The third-order valence-corrected chi connectivity index (χ3v) is 11.5. The largest absolute Gasteiger partial charge is 0.497 e. The molecule has 1 aromatic heterocycles. The van der Waals surface area contributed by atoms with Crippen LogP contribution >= 0.6 is 0 Å². The Balaban J connectivity index is 1.23. The summed E-state index contributed by atoms with van der Waals surface area (Å²) in [5.74, 6) is -0.721. The first-order chi connectivity index (χ1) is 24.1. The number of hydrogen-bond donors (Lipinski definition) is 2. The number of H-pyrrole nitrogens is 1. The van der Waals surface area contributed by atoms with E-state index in [-0.39, 0.29) is 31.2 Å². The molecule has 3 amide bonds. The molecule has 7 rings (SSSR count). The van der Waals surface area contributed by atoms with E-state index in [1.54, 1.807) is 7.11 Å². The Morgan fingerprint density at radius 1 is 1.08 bits per heavy atom. The number of ether oxygens (including phenoxy) is 2. The first-order valence-corrected chi connectivity index (χ1v) is 17.9. The molecule has 2 aromatic carbocycles. The fourth-order valence-electron chi connectivity index (χ4n) is 9.00. The number of piperidine rings is 1. The molecule has 0 spiro atoms. The van der Waals surface area contributed by atoms with Crippen LogP contribution in [0, 0.1) is 17.8 Å². The molecule has 50 heavy (non-hydrogen) atoms.